The molecule has 0 aliphatic heterocycles. The van der Waals surface area contributed by atoms with Crippen LogP contribution in [0, 0.1) is 0 Å². The molecule has 0 saturated heterocycles. The topological polar surface area (TPSA) is 38.7 Å². The fraction of sp³-hybridized carbons (Fsp3) is 0.238. The van der Waals surface area contributed by atoms with Gasteiger partial charge in [0.1, 0.15) is 0 Å². The Kier molecular flexibility index (Phi) is 8.84. The van der Waals surface area contributed by atoms with Crippen molar-refractivity contribution in [3.05, 3.63) is 77.4 Å². The molecule has 0 spiro atoms. The van der Waals surface area contributed by atoms with Crippen LogP contribution < -0.4 is 0 Å². The summed E-state index contributed by atoms with van der Waals surface area (Å²) in [5.74, 6) is -0.371. The maximum absolute atomic E-state index is 11.2. The van der Waals surface area contributed by atoms with E-state index in [-0.39, 0.29) is 12.0 Å². The third-order valence-electron chi connectivity index (χ3n) is 3.32. The Morgan fingerprint density at radius 3 is 2.21 bits per heavy atom. The summed E-state index contributed by atoms with van der Waals surface area (Å²) in [5.41, 5.74) is 3.06. The van der Waals surface area contributed by atoms with Gasteiger partial charge in [-0.2, -0.15) is 0 Å². The summed E-state index contributed by atoms with van der Waals surface area (Å²) in [6.45, 7) is 6.05. The number of esters is 1. The van der Waals surface area contributed by atoms with Gasteiger partial charge >= 0.3 is 5.97 Å². The van der Waals surface area contributed by atoms with Crippen molar-refractivity contribution in [1.29, 1.82) is 0 Å². The summed E-state index contributed by atoms with van der Waals surface area (Å²) in [5, 5.41) is 0. The highest BCUT2D eigenvalue weighted by Gasteiger charge is 2.02. The summed E-state index contributed by atoms with van der Waals surface area (Å²) in [4.78, 5) is 15.8. The first-order valence-corrected chi connectivity index (χ1v) is 8.14. The first-order valence-electron chi connectivity index (χ1n) is 8.14. The van der Waals surface area contributed by atoms with Gasteiger partial charge in [-0.1, -0.05) is 68.4 Å². The van der Waals surface area contributed by atoms with Gasteiger partial charge < -0.3 is 4.74 Å². The Morgan fingerprint density at radius 2 is 1.58 bits per heavy atom. The number of methoxy groups -OCH3 is 1. The van der Waals surface area contributed by atoms with Crippen LogP contribution in [0.4, 0.5) is 0 Å². The average molecular weight is 323 g/mol. The lowest BCUT2D eigenvalue weighted by atomic mass is 10.1. The van der Waals surface area contributed by atoms with Gasteiger partial charge in [-0.05, 0) is 29.7 Å². The second kappa shape index (κ2) is 10.9. The fourth-order valence-corrected chi connectivity index (χ4v) is 2.02. The second-order valence-corrected chi connectivity index (χ2v) is 4.85. The van der Waals surface area contributed by atoms with Gasteiger partial charge in [-0.3, -0.25) is 4.99 Å². The van der Waals surface area contributed by atoms with Gasteiger partial charge in [0.15, 0.2) is 0 Å². The van der Waals surface area contributed by atoms with E-state index in [9.17, 15) is 4.79 Å². The molecule has 3 heteroatoms. The van der Waals surface area contributed by atoms with Gasteiger partial charge in [-0.25, -0.2) is 4.79 Å². The number of nitrogens with zero attached hydrogens (tertiary/aromatic N) is 1. The number of hydrogen-bond donors (Lipinski definition) is 0. The Morgan fingerprint density at radius 1 is 1.00 bits per heavy atom. The van der Waals surface area contributed by atoms with Crippen molar-refractivity contribution in [3.63, 3.8) is 0 Å². The number of carbonyl (C=O) groups excluding carboxylic acids is 1. The van der Waals surface area contributed by atoms with Crippen LogP contribution in [0.15, 0.2) is 65.7 Å². The molecule has 24 heavy (non-hydrogen) atoms. The standard InChI is InChI=1S/C19H19NO2.C2H6/c1-15(16-8-4-3-5-9-16)20-14-18-11-7-6-10-17(18)12-13-19(21)22-2;1-2/h3-15H,1-2H3;1-2H3/b13-12+,20-14?;/t15-;/m1./s1. The Labute approximate surface area is 144 Å². The lowest BCUT2D eigenvalue weighted by molar-refractivity contribution is -0.134. The number of benzene rings is 2. The lowest BCUT2D eigenvalue weighted by Gasteiger charge is -2.06. The molecule has 2 aromatic carbocycles. The van der Waals surface area contributed by atoms with Gasteiger partial charge in [-0.15, -0.1) is 0 Å². The van der Waals surface area contributed by atoms with Crippen LogP contribution in [-0.2, 0) is 9.53 Å². The molecule has 0 bridgehead atoms. The van der Waals surface area contributed by atoms with Crippen LogP contribution >= 0.6 is 0 Å². The summed E-state index contributed by atoms with van der Waals surface area (Å²) >= 11 is 0. The molecule has 3 nitrogen and oxygen atoms in total. The minimum Gasteiger partial charge on any atom is -0.466 e. The number of carbonyl (C=O) groups is 1. The van der Waals surface area contributed by atoms with E-state index in [2.05, 4.69) is 28.8 Å². The highest BCUT2D eigenvalue weighted by Crippen LogP contribution is 2.16. The van der Waals surface area contributed by atoms with Crippen molar-refractivity contribution in [2.75, 3.05) is 7.11 Å². The van der Waals surface area contributed by atoms with Gasteiger partial charge in [0.2, 0.25) is 0 Å². The summed E-state index contributed by atoms with van der Waals surface area (Å²) < 4.78 is 4.61. The van der Waals surface area contributed by atoms with Crippen molar-refractivity contribution in [3.8, 4) is 0 Å². The molecule has 0 unspecified atom stereocenters. The first kappa shape index (κ1) is 19.4. The quantitative estimate of drug-likeness (QED) is 0.437. The molecular formula is C21H25NO2. The largest absolute Gasteiger partial charge is 0.466 e. The van der Waals surface area contributed by atoms with Crippen LogP contribution in [0.1, 0.15) is 43.5 Å². The smallest absolute Gasteiger partial charge is 0.330 e. The van der Waals surface area contributed by atoms with E-state index in [1.54, 1.807) is 6.08 Å². The lowest BCUT2D eigenvalue weighted by Crippen LogP contribution is -1.95. The normalized spacial score (nSPS) is 11.8. The number of rotatable bonds is 5. The third kappa shape index (κ3) is 6.21. The van der Waals surface area contributed by atoms with Crippen molar-refractivity contribution >= 4 is 18.3 Å². The van der Waals surface area contributed by atoms with Crippen molar-refractivity contribution in [2.45, 2.75) is 26.8 Å². The molecule has 0 aromatic heterocycles. The SMILES string of the molecule is CC.COC(=O)/C=C/c1ccccc1C=N[C@H](C)c1ccccc1. The van der Waals surface area contributed by atoms with Crippen molar-refractivity contribution in [2.24, 2.45) is 4.99 Å². The maximum Gasteiger partial charge on any atom is 0.330 e. The monoisotopic (exact) mass is 323 g/mol. The van der Waals surface area contributed by atoms with Crippen molar-refractivity contribution < 1.29 is 9.53 Å². The molecule has 0 aliphatic rings. The van der Waals surface area contributed by atoms with Crippen LogP contribution in [0.3, 0.4) is 0 Å². The molecule has 0 heterocycles. The van der Waals surface area contributed by atoms with Crippen LogP contribution in [0.5, 0.6) is 0 Å². The molecule has 0 N–H and O–H groups in total. The molecule has 0 amide bonds. The van der Waals surface area contributed by atoms with E-state index in [1.807, 2.05) is 62.5 Å². The highest BCUT2D eigenvalue weighted by atomic mass is 16.5. The number of hydrogen-bond acceptors (Lipinski definition) is 3. The summed E-state index contributed by atoms with van der Waals surface area (Å²) in [6.07, 6.45) is 4.99. The molecule has 0 fully saturated rings. The van der Waals surface area contributed by atoms with E-state index < -0.39 is 0 Å². The Balaban J connectivity index is 0.00000139. The maximum atomic E-state index is 11.2. The Hall–Kier alpha value is -2.68. The predicted octanol–water partition coefficient (Wildman–Crippen LogP) is 5.08. The van der Waals surface area contributed by atoms with E-state index in [0.29, 0.717) is 0 Å². The van der Waals surface area contributed by atoms with E-state index in [4.69, 9.17) is 0 Å². The van der Waals surface area contributed by atoms with Crippen LogP contribution in [0.2, 0.25) is 0 Å². The molecule has 0 aliphatic carbocycles. The third-order valence-corrected chi connectivity index (χ3v) is 3.32. The minimum atomic E-state index is -0.371. The van der Waals surface area contributed by atoms with Gasteiger partial charge in [0.25, 0.3) is 0 Å². The zero-order chi connectivity index (χ0) is 17.8. The summed E-state index contributed by atoms with van der Waals surface area (Å²) in [6, 6.07) is 18.0. The Bertz CT molecular complexity index is 675. The van der Waals surface area contributed by atoms with E-state index in [0.717, 1.165) is 11.1 Å². The molecule has 0 radical (unpaired) electrons. The number of aliphatic imine (C=N–C) groups is 1. The van der Waals surface area contributed by atoms with Crippen molar-refractivity contribution in [1.82, 2.24) is 0 Å². The van der Waals surface area contributed by atoms with E-state index in [1.165, 1.54) is 18.7 Å². The van der Waals surface area contributed by atoms with Crippen LogP contribution in [-0.4, -0.2) is 19.3 Å². The zero-order valence-electron chi connectivity index (χ0n) is 14.8. The highest BCUT2D eigenvalue weighted by molar-refractivity contribution is 5.91. The minimum absolute atomic E-state index is 0.0823. The molecule has 1 atom stereocenters. The zero-order valence-corrected chi connectivity index (χ0v) is 14.8. The molecule has 2 rings (SSSR count). The van der Waals surface area contributed by atoms with E-state index >= 15 is 0 Å². The molecule has 126 valence electrons. The molecule has 2 aromatic rings. The van der Waals surface area contributed by atoms with Gasteiger partial charge in [0.05, 0.1) is 13.2 Å². The predicted molar refractivity (Wildman–Crippen MR) is 101 cm³/mol. The number of ether oxygens (including phenoxy) is 1. The molecule has 0 saturated carbocycles. The summed E-state index contributed by atoms with van der Waals surface area (Å²) in [7, 11) is 1.36. The van der Waals surface area contributed by atoms with Gasteiger partial charge in [0, 0.05) is 12.3 Å². The molecular weight excluding hydrogens is 298 g/mol. The average Bonchev–Trinajstić information content (AvgIpc) is 2.67. The second-order valence-electron chi connectivity index (χ2n) is 4.85. The first-order chi connectivity index (χ1) is 11.7. The fourth-order valence-electron chi connectivity index (χ4n) is 2.02. The van der Waals surface area contributed by atoms with Crippen LogP contribution in [0.25, 0.3) is 6.08 Å².